The van der Waals surface area contributed by atoms with Gasteiger partial charge in [0.15, 0.2) is 0 Å². The Kier molecular flexibility index (Phi) is 4.81. The molecule has 0 saturated carbocycles. The summed E-state index contributed by atoms with van der Waals surface area (Å²) in [6.07, 6.45) is 3.63. The van der Waals surface area contributed by atoms with Crippen LogP contribution in [0.4, 0.5) is 18.9 Å². The zero-order chi connectivity index (χ0) is 22.1. The van der Waals surface area contributed by atoms with E-state index in [-0.39, 0.29) is 5.75 Å². The Morgan fingerprint density at radius 3 is 2.50 bits per heavy atom. The molecule has 1 unspecified atom stereocenters. The highest BCUT2D eigenvalue weighted by molar-refractivity contribution is 5.98. The van der Waals surface area contributed by atoms with E-state index in [0.717, 1.165) is 16.8 Å². The van der Waals surface area contributed by atoms with Gasteiger partial charge in [0, 0.05) is 36.0 Å². The Balaban J connectivity index is 1.41. The summed E-state index contributed by atoms with van der Waals surface area (Å²) in [5, 5.41) is 3.29. The number of imidazole rings is 1. The summed E-state index contributed by atoms with van der Waals surface area (Å²) >= 11 is 0. The minimum atomic E-state index is -4.74. The van der Waals surface area contributed by atoms with Crippen molar-refractivity contribution < 1.29 is 17.9 Å². The van der Waals surface area contributed by atoms with Gasteiger partial charge in [-0.25, -0.2) is 19.9 Å². The molecule has 0 radical (unpaired) electrons. The topological polar surface area (TPSA) is 77.2 Å². The van der Waals surface area contributed by atoms with Crippen LogP contribution < -0.4 is 10.1 Å². The van der Waals surface area contributed by atoms with Crippen LogP contribution in [0.1, 0.15) is 17.4 Å². The first-order chi connectivity index (χ1) is 15.5. The number of hydrogen-bond donors (Lipinski definition) is 1. The first-order valence-corrected chi connectivity index (χ1v) is 9.56. The van der Waals surface area contributed by atoms with Gasteiger partial charge in [-0.05, 0) is 35.4 Å². The molecule has 5 rings (SSSR count). The lowest BCUT2D eigenvalue weighted by atomic mass is 10.1. The summed E-state index contributed by atoms with van der Waals surface area (Å²) in [5.74, 6) is 0.927. The zero-order valence-electron chi connectivity index (χ0n) is 16.4. The molecule has 3 heterocycles. The Hall–Kier alpha value is -4.21. The number of ether oxygens (including phenoxy) is 1. The second-order valence-electron chi connectivity index (χ2n) is 6.96. The maximum Gasteiger partial charge on any atom is 0.573 e. The highest BCUT2D eigenvalue weighted by Crippen LogP contribution is 2.32. The maximum atomic E-state index is 12.4. The smallest absolute Gasteiger partial charge is 0.406 e. The van der Waals surface area contributed by atoms with Crippen molar-refractivity contribution in [2.24, 2.45) is 4.99 Å². The van der Waals surface area contributed by atoms with Crippen LogP contribution in [0.15, 0.2) is 84.6 Å². The first-order valence-electron chi connectivity index (χ1n) is 9.56. The van der Waals surface area contributed by atoms with Gasteiger partial charge in [-0.1, -0.05) is 24.3 Å². The van der Waals surface area contributed by atoms with Crippen LogP contribution in [0.25, 0.3) is 11.1 Å². The molecule has 0 bridgehead atoms. The number of rotatable bonds is 4. The number of nitrogens with zero attached hydrogens (tertiary/aromatic N) is 5. The van der Waals surface area contributed by atoms with E-state index in [1.807, 2.05) is 28.8 Å². The zero-order valence-corrected chi connectivity index (χ0v) is 16.4. The molecule has 0 fully saturated rings. The van der Waals surface area contributed by atoms with Crippen molar-refractivity contribution in [3.63, 3.8) is 0 Å². The largest absolute Gasteiger partial charge is 0.573 e. The SMILES string of the molecule is FC(F)(F)Oc1ccc(C2N=C(Nc3cccc(-c4cncnc4)c3)n3ccnc32)cc1. The van der Waals surface area contributed by atoms with Crippen molar-refractivity contribution >= 4 is 11.6 Å². The molecule has 7 nitrogen and oxygen atoms in total. The van der Waals surface area contributed by atoms with Crippen molar-refractivity contribution in [2.75, 3.05) is 5.32 Å². The summed E-state index contributed by atoms with van der Waals surface area (Å²) in [6.45, 7) is 0. The highest BCUT2D eigenvalue weighted by Gasteiger charge is 2.32. The van der Waals surface area contributed by atoms with E-state index in [1.165, 1.54) is 18.5 Å². The number of halogens is 3. The van der Waals surface area contributed by atoms with Gasteiger partial charge < -0.3 is 10.1 Å². The molecule has 1 aliphatic heterocycles. The van der Waals surface area contributed by atoms with Crippen LogP contribution in [-0.4, -0.2) is 31.8 Å². The molecule has 1 aliphatic rings. The Labute approximate surface area is 180 Å². The van der Waals surface area contributed by atoms with E-state index in [9.17, 15) is 13.2 Å². The van der Waals surface area contributed by atoms with Crippen LogP contribution >= 0.6 is 0 Å². The standard InChI is InChI=1S/C22H15F3N6O/c23-22(24,25)32-18-6-4-14(5-7-18)19-20-28-8-9-31(20)21(30-19)29-17-3-1-2-15(10-17)16-11-26-13-27-12-16/h1-13,19H,(H,29,30). The number of aromatic nitrogens is 4. The Morgan fingerprint density at radius 2 is 1.75 bits per heavy atom. The molecular weight excluding hydrogens is 421 g/mol. The lowest BCUT2D eigenvalue weighted by molar-refractivity contribution is -0.274. The molecule has 2 aromatic carbocycles. The highest BCUT2D eigenvalue weighted by atomic mass is 19.4. The maximum absolute atomic E-state index is 12.4. The number of fused-ring (bicyclic) bond motifs is 1. The average Bonchev–Trinajstić information content (AvgIpc) is 3.38. The van der Waals surface area contributed by atoms with Gasteiger partial charge >= 0.3 is 6.36 Å². The molecule has 4 aromatic rings. The summed E-state index contributed by atoms with van der Waals surface area (Å²) in [4.78, 5) is 17.2. The normalized spacial score (nSPS) is 15.2. The lowest BCUT2D eigenvalue weighted by Gasteiger charge is -2.10. The van der Waals surface area contributed by atoms with Gasteiger partial charge in [0.1, 0.15) is 23.9 Å². The number of aliphatic imine (C=N–C) groups is 1. The number of nitrogens with one attached hydrogen (secondary N) is 1. The minimum Gasteiger partial charge on any atom is -0.406 e. The van der Waals surface area contributed by atoms with E-state index < -0.39 is 12.4 Å². The van der Waals surface area contributed by atoms with Crippen molar-refractivity contribution in [1.29, 1.82) is 0 Å². The number of anilines is 1. The molecule has 0 aliphatic carbocycles. The van der Waals surface area contributed by atoms with Crippen LogP contribution in [0, 0.1) is 0 Å². The van der Waals surface area contributed by atoms with E-state index >= 15 is 0 Å². The van der Waals surface area contributed by atoms with Gasteiger partial charge in [-0.15, -0.1) is 13.2 Å². The summed E-state index contributed by atoms with van der Waals surface area (Å²) in [6, 6.07) is 12.9. The summed E-state index contributed by atoms with van der Waals surface area (Å²) in [5.41, 5.74) is 3.32. The van der Waals surface area contributed by atoms with Crippen molar-refractivity contribution in [1.82, 2.24) is 19.5 Å². The van der Waals surface area contributed by atoms with Gasteiger partial charge in [0.05, 0.1) is 0 Å². The number of benzene rings is 2. The van der Waals surface area contributed by atoms with E-state index in [0.29, 0.717) is 17.3 Å². The van der Waals surface area contributed by atoms with Crippen LogP contribution in [0.5, 0.6) is 5.75 Å². The van der Waals surface area contributed by atoms with Crippen LogP contribution in [-0.2, 0) is 0 Å². The molecular formula is C22H15F3N6O. The fourth-order valence-electron chi connectivity index (χ4n) is 3.46. The van der Waals surface area contributed by atoms with Crippen molar-refractivity contribution in [2.45, 2.75) is 12.4 Å². The third-order valence-corrected chi connectivity index (χ3v) is 4.84. The molecule has 0 saturated heterocycles. The quantitative estimate of drug-likeness (QED) is 0.504. The molecule has 2 aromatic heterocycles. The van der Waals surface area contributed by atoms with Gasteiger partial charge in [0.2, 0.25) is 5.96 Å². The van der Waals surface area contributed by atoms with Gasteiger partial charge in [0.25, 0.3) is 0 Å². The molecule has 1 atom stereocenters. The Bertz CT molecular complexity index is 1270. The second-order valence-corrected chi connectivity index (χ2v) is 6.96. The molecule has 0 spiro atoms. The fourth-order valence-corrected chi connectivity index (χ4v) is 3.46. The minimum absolute atomic E-state index is 0.286. The van der Waals surface area contributed by atoms with Gasteiger partial charge in [-0.2, -0.15) is 0 Å². The lowest BCUT2D eigenvalue weighted by Crippen LogP contribution is -2.18. The van der Waals surface area contributed by atoms with Crippen molar-refractivity contribution in [3.8, 4) is 16.9 Å². The second kappa shape index (κ2) is 7.80. The fraction of sp³-hybridized carbons (Fsp3) is 0.0909. The predicted molar refractivity (Wildman–Crippen MR) is 111 cm³/mol. The molecule has 160 valence electrons. The first kappa shape index (κ1) is 19.7. The molecule has 32 heavy (non-hydrogen) atoms. The number of hydrogen-bond acceptors (Lipinski definition) is 6. The van der Waals surface area contributed by atoms with E-state index in [1.54, 1.807) is 36.9 Å². The summed E-state index contributed by atoms with van der Waals surface area (Å²) in [7, 11) is 0. The molecule has 10 heteroatoms. The van der Waals surface area contributed by atoms with Crippen molar-refractivity contribution in [3.05, 3.63) is 91.0 Å². The average molecular weight is 436 g/mol. The number of alkyl halides is 3. The van der Waals surface area contributed by atoms with E-state index in [4.69, 9.17) is 4.99 Å². The van der Waals surface area contributed by atoms with Crippen LogP contribution in [0.3, 0.4) is 0 Å². The third kappa shape index (κ3) is 4.02. The molecule has 0 amide bonds. The van der Waals surface area contributed by atoms with Gasteiger partial charge in [-0.3, -0.25) is 4.57 Å². The Morgan fingerprint density at radius 1 is 0.969 bits per heavy atom. The predicted octanol–water partition coefficient (Wildman–Crippen LogP) is 4.66. The van der Waals surface area contributed by atoms with Crippen LogP contribution in [0.2, 0.25) is 0 Å². The monoisotopic (exact) mass is 436 g/mol. The third-order valence-electron chi connectivity index (χ3n) is 4.84. The summed E-state index contributed by atoms with van der Waals surface area (Å²) < 4.78 is 43.0. The molecule has 1 N–H and O–H groups in total. The van der Waals surface area contributed by atoms with E-state index in [2.05, 4.69) is 25.0 Å².